The van der Waals surface area contributed by atoms with E-state index < -0.39 is 24.0 Å². The molecule has 0 amide bonds. The van der Waals surface area contributed by atoms with Crippen molar-refractivity contribution >= 4 is 17.1 Å². The molecule has 0 aliphatic rings. The Kier molecular flexibility index (Phi) is 18.2. The van der Waals surface area contributed by atoms with Crippen LogP contribution in [0.4, 0.5) is 13.2 Å². The summed E-state index contributed by atoms with van der Waals surface area (Å²) in [6.45, 7) is 7.07. The fraction of sp³-hybridized carbons (Fsp3) is 0.500. The molecule has 2 heterocycles. The average molecular weight is 593 g/mol. The van der Waals surface area contributed by atoms with Gasteiger partial charge in [0.1, 0.15) is 17.1 Å². The first kappa shape index (κ1) is 35.7. The maximum atomic E-state index is 11.8. The zero-order chi connectivity index (χ0) is 26.5. The molecule has 0 saturated heterocycles. The van der Waals surface area contributed by atoms with Crippen LogP contribution in [0.15, 0.2) is 39.7 Å². The van der Waals surface area contributed by atoms with Crippen LogP contribution < -0.4 is 5.63 Å². The van der Waals surface area contributed by atoms with Crippen molar-refractivity contribution in [2.75, 3.05) is 7.11 Å². The zero-order valence-corrected chi connectivity index (χ0v) is 24.3. The third-order valence-electron chi connectivity index (χ3n) is 4.54. The number of aryl methyl sites for hydroxylation is 2. The summed E-state index contributed by atoms with van der Waals surface area (Å²) in [5.74, 6) is -0.848. The second-order valence-corrected chi connectivity index (χ2v) is 9.10. The predicted octanol–water partition coefficient (Wildman–Crippen LogP) is 6.79. The predicted molar refractivity (Wildman–Crippen MR) is 128 cm³/mol. The minimum atomic E-state index is -4.03. The minimum Gasteiger partial charge on any atom is -0.705 e. The molecule has 1 radical (unpaired) electrons. The standard InChI is InChI=1S/C15H20NO4.C8H9F3S.CH4O.Y/c1-9(2)14(18)13-11(17)8-12(20-15(13)19)10(3)6-4-5-7-16;1-6-2-3-7(12-6)4-5-8(9,10)11;1-2;/h5,7-10,16H,4,6H2,1-3H3,(H,17,18,19);2-3H,4-5H2,1H3;2H,1H3;/q-1;;;/b7-5+;;;. The van der Waals surface area contributed by atoms with Crippen molar-refractivity contribution in [1.29, 1.82) is 0 Å². The Balaban J connectivity index is 0. The minimum absolute atomic E-state index is 0. The molecule has 1 atom stereocenters. The molecule has 195 valence electrons. The number of aliphatic hydroxyl groups excluding tert-OH is 1. The van der Waals surface area contributed by atoms with Crippen LogP contribution in [0.3, 0.4) is 0 Å². The molecule has 0 fully saturated rings. The number of halogens is 3. The Bertz CT molecular complexity index is 971. The molecule has 0 spiro atoms. The van der Waals surface area contributed by atoms with E-state index in [1.807, 2.05) is 19.9 Å². The Morgan fingerprint density at radius 2 is 1.83 bits per heavy atom. The van der Waals surface area contributed by atoms with Crippen LogP contribution in [0.25, 0.3) is 5.73 Å². The van der Waals surface area contributed by atoms with E-state index in [-0.39, 0.29) is 62.3 Å². The van der Waals surface area contributed by atoms with Crippen molar-refractivity contribution < 1.29 is 65.3 Å². The Hall–Kier alpha value is -1.49. The van der Waals surface area contributed by atoms with Gasteiger partial charge in [-0.1, -0.05) is 20.8 Å². The number of nitrogens with one attached hydrogen (secondary N) is 1. The number of thiophene rings is 1. The van der Waals surface area contributed by atoms with E-state index >= 15 is 0 Å². The number of carbonyl (C=O) groups is 1. The average Bonchev–Trinajstić information content (AvgIpc) is 3.18. The third-order valence-corrected chi connectivity index (χ3v) is 5.60. The maximum Gasteiger partial charge on any atom is 0.389 e. The van der Waals surface area contributed by atoms with Crippen LogP contribution in [0.5, 0.6) is 5.75 Å². The monoisotopic (exact) mass is 593 g/mol. The number of rotatable bonds is 8. The van der Waals surface area contributed by atoms with Crippen molar-refractivity contribution in [1.82, 2.24) is 0 Å². The van der Waals surface area contributed by atoms with Gasteiger partial charge in [0.05, 0.1) is 0 Å². The third kappa shape index (κ3) is 14.0. The number of ketones is 1. The van der Waals surface area contributed by atoms with Gasteiger partial charge >= 0.3 is 11.8 Å². The van der Waals surface area contributed by atoms with Crippen molar-refractivity contribution in [2.45, 2.75) is 65.5 Å². The van der Waals surface area contributed by atoms with Gasteiger partial charge in [-0.15, -0.1) is 17.4 Å². The summed E-state index contributed by atoms with van der Waals surface area (Å²) in [7, 11) is 1.00. The number of aliphatic hydroxyl groups is 1. The molecular formula is C24H33F3NO5SY-. The van der Waals surface area contributed by atoms with Crippen molar-refractivity contribution in [3.8, 4) is 5.75 Å². The van der Waals surface area contributed by atoms with E-state index in [2.05, 4.69) is 0 Å². The van der Waals surface area contributed by atoms with E-state index in [4.69, 9.17) is 15.3 Å². The second kappa shape index (κ2) is 17.9. The van der Waals surface area contributed by atoms with Crippen LogP contribution in [0, 0.1) is 12.8 Å². The first-order valence-corrected chi connectivity index (χ1v) is 11.5. The van der Waals surface area contributed by atoms with E-state index in [1.54, 1.807) is 26.0 Å². The van der Waals surface area contributed by atoms with E-state index in [0.29, 0.717) is 18.6 Å². The molecule has 3 N–H and O–H groups in total. The SMILES string of the molecule is CC(C)C(=O)c1c(O)cc(C(C)CC/C=C/[NH-])oc1=O.CO.Cc1ccc(CCC(F)(F)F)s1.[Y]. The van der Waals surface area contributed by atoms with Gasteiger partial charge in [0.25, 0.3) is 0 Å². The van der Waals surface area contributed by atoms with Gasteiger partial charge in [-0.05, 0) is 38.3 Å². The van der Waals surface area contributed by atoms with E-state index in [1.165, 1.54) is 23.6 Å². The van der Waals surface area contributed by atoms with Crippen LogP contribution in [0.1, 0.15) is 71.8 Å². The van der Waals surface area contributed by atoms with Gasteiger partial charge < -0.3 is 20.4 Å². The Labute approximate surface area is 233 Å². The zero-order valence-electron chi connectivity index (χ0n) is 20.6. The topological polar surface area (TPSA) is 112 Å². The summed E-state index contributed by atoms with van der Waals surface area (Å²) in [5.41, 5.74) is 5.84. The summed E-state index contributed by atoms with van der Waals surface area (Å²) in [6.07, 6.45) is -0.347. The summed E-state index contributed by atoms with van der Waals surface area (Å²) in [5, 5.41) is 16.9. The van der Waals surface area contributed by atoms with Crippen LogP contribution in [-0.4, -0.2) is 29.3 Å². The molecule has 0 aromatic carbocycles. The largest absolute Gasteiger partial charge is 0.705 e. The molecule has 1 unspecified atom stereocenters. The number of Topliss-reactive ketones (excluding diaryl/α,β-unsaturated/α-hetero) is 1. The van der Waals surface area contributed by atoms with Crippen molar-refractivity contribution in [3.05, 3.63) is 67.7 Å². The molecule has 0 bridgehead atoms. The number of alkyl halides is 3. The fourth-order valence-corrected chi connectivity index (χ4v) is 3.60. The summed E-state index contributed by atoms with van der Waals surface area (Å²) < 4.78 is 40.4. The summed E-state index contributed by atoms with van der Waals surface area (Å²) in [4.78, 5) is 25.6. The molecule has 0 saturated carbocycles. The fourth-order valence-electron chi connectivity index (χ4n) is 2.71. The Morgan fingerprint density at radius 1 is 1.23 bits per heavy atom. The van der Waals surface area contributed by atoms with Gasteiger partial charge in [-0.3, -0.25) is 4.79 Å². The molecule has 0 aliphatic heterocycles. The molecular weight excluding hydrogens is 560 g/mol. The molecule has 2 rings (SSSR count). The first-order valence-electron chi connectivity index (χ1n) is 10.7. The van der Waals surface area contributed by atoms with Gasteiger partial charge in [0.2, 0.25) is 0 Å². The smallest absolute Gasteiger partial charge is 0.389 e. The van der Waals surface area contributed by atoms with Crippen molar-refractivity contribution in [2.24, 2.45) is 5.92 Å². The number of hydrogen-bond acceptors (Lipinski definition) is 6. The maximum absolute atomic E-state index is 11.8. The van der Waals surface area contributed by atoms with E-state index in [0.717, 1.165) is 16.9 Å². The van der Waals surface area contributed by atoms with Gasteiger partial charge in [-0.25, -0.2) is 4.79 Å². The second-order valence-electron chi connectivity index (χ2n) is 7.72. The Morgan fingerprint density at radius 3 is 2.26 bits per heavy atom. The van der Waals surface area contributed by atoms with E-state index in [9.17, 15) is 27.9 Å². The summed E-state index contributed by atoms with van der Waals surface area (Å²) >= 11 is 1.43. The van der Waals surface area contributed by atoms with Crippen molar-refractivity contribution in [3.63, 3.8) is 0 Å². The van der Waals surface area contributed by atoms with Gasteiger partial charge in [0, 0.05) is 73.9 Å². The van der Waals surface area contributed by atoms with Gasteiger partial charge in [0.15, 0.2) is 5.78 Å². The quantitative estimate of drug-likeness (QED) is 0.328. The molecule has 11 heteroatoms. The first-order chi connectivity index (χ1) is 15.9. The number of allylic oxidation sites excluding steroid dienone is 1. The number of aromatic hydroxyl groups is 1. The molecule has 6 nitrogen and oxygen atoms in total. The molecule has 0 aliphatic carbocycles. The molecule has 2 aromatic rings. The summed E-state index contributed by atoms with van der Waals surface area (Å²) in [6, 6.07) is 4.94. The van der Waals surface area contributed by atoms with Crippen LogP contribution in [-0.2, 0) is 39.1 Å². The normalized spacial score (nSPS) is 11.7. The van der Waals surface area contributed by atoms with Crippen LogP contribution in [0.2, 0.25) is 0 Å². The molecule has 35 heavy (non-hydrogen) atoms. The molecule has 2 aromatic heterocycles. The van der Waals surface area contributed by atoms with Gasteiger partial charge in [-0.2, -0.15) is 19.4 Å². The number of hydrogen-bond donors (Lipinski definition) is 2. The van der Waals surface area contributed by atoms with Crippen LogP contribution >= 0.6 is 11.3 Å². The number of carbonyl (C=O) groups excluding carboxylic acids is 1.